The van der Waals surface area contributed by atoms with Crippen molar-refractivity contribution >= 4 is 17.7 Å². The minimum Gasteiger partial charge on any atom is -0.493 e. The van der Waals surface area contributed by atoms with Crippen LogP contribution in [0.4, 0.5) is 0 Å². The second-order valence-corrected chi connectivity index (χ2v) is 9.51. The SMILES string of the molecule is CNC(=O)[C@@H]1Cc2cc(OC)c(OC)cc2CN1C(=O)[C@H](CC(C)C)N1Cc2ccccc2C1=O. The van der Waals surface area contributed by atoms with Crippen LogP contribution < -0.4 is 14.8 Å². The van der Waals surface area contributed by atoms with Gasteiger partial charge < -0.3 is 24.6 Å². The zero-order valence-corrected chi connectivity index (χ0v) is 21.0. The first-order valence-corrected chi connectivity index (χ1v) is 11.9. The molecule has 0 fully saturated rings. The fourth-order valence-corrected chi connectivity index (χ4v) is 5.07. The number of carbonyl (C=O) groups excluding carboxylic acids is 3. The maximum atomic E-state index is 14.1. The first kappa shape index (κ1) is 24.6. The fourth-order valence-electron chi connectivity index (χ4n) is 5.07. The van der Waals surface area contributed by atoms with Crippen LogP contribution in [0, 0.1) is 5.92 Å². The quantitative estimate of drug-likeness (QED) is 0.660. The van der Waals surface area contributed by atoms with E-state index in [0.717, 1.165) is 16.7 Å². The van der Waals surface area contributed by atoms with Crippen LogP contribution in [-0.4, -0.2) is 60.9 Å². The lowest BCUT2D eigenvalue weighted by Crippen LogP contribution is -2.57. The van der Waals surface area contributed by atoms with E-state index in [2.05, 4.69) is 5.32 Å². The minimum absolute atomic E-state index is 0.139. The average molecular weight is 480 g/mol. The number of likely N-dealkylation sites (N-methyl/N-ethyl adjacent to an activating group) is 1. The normalized spacial score (nSPS) is 17.7. The molecule has 2 heterocycles. The molecule has 186 valence electrons. The summed E-state index contributed by atoms with van der Waals surface area (Å²) in [7, 11) is 4.71. The predicted octanol–water partition coefficient (Wildman–Crippen LogP) is 2.77. The van der Waals surface area contributed by atoms with E-state index in [0.29, 0.717) is 36.4 Å². The second kappa shape index (κ2) is 9.98. The lowest BCUT2D eigenvalue weighted by atomic mass is 9.91. The van der Waals surface area contributed by atoms with Gasteiger partial charge in [0.2, 0.25) is 11.8 Å². The molecule has 2 aliphatic rings. The minimum atomic E-state index is -0.687. The van der Waals surface area contributed by atoms with Gasteiger partial charge in [0.1, 0.15) is 12.1 Å². The van der Waals surface area contributed by atoms with Gasteiger partial charge in [-0.15, -0.1) is 0 Å². The van der Waals surface area contributed by atoms with Gasteiger partial charge in [-0.05, 0) is 47.2 Å². The van der Waals surface area contributed by atoms with E-state index in [-0.39, 0.29) is 30.2 Å². The van der Waals surface area contributed by atoms with Crippen LogP contribution in [0.25, 0.3) is 0 Å². The van der Waals surface area contributed by atoms with E-state index in [1.165, 1.54) is 0 Å². The molecule has 2 aliphatic heterocycles. The highest BCUT2D eigenvalue weighted by molar-refractivity contribution is 6.01. The van der Waals surface area contributed by atoms with Crippen molar-refractivity contribution < 1.29 is 23.9 Å². The number of benzene rings is 2. The molecule has 1 N–H and O–H groups in total. The summed E-state index contributed by atoms with van der Waals surface area (Å²) in [5.41, 5.74) is 3.39. The number of nitrogens with one attached hydrogen (secondary N) is 1. The molecular weight excluding hydrogens is 446 g/mol. The number of carbonyl (C=O) groups is 3. The number of nitrogens with zero attached hydrogens (tertiary/aromatic N) is 2. The molecule has 0 radical (unpaired) electrons. The maximum Gasteiger partial charge on any atom is 0.255 e. The van der Waals surface area contributed by atoms with Crippen LogP contribution >= 0.6 is 0 Å². The second-order valence-electron chi connectivity index (χ2n) is 9.51. The molecule has 0 saturated heterocycles. The van der Waals surface area contributed by atoms with Crippen molar-refractivity contribution in [1.82, 2.24) is 15.1 Å². The smallest absolute Gasteiger partial charge is 0.255 e. The van der Waals surface area contributed by atoms with Crippen molar-refractivity contribution in [3.05, 3.63) is 58.7 Å². The molecule has 8 nitrogen and oxygen atoms in total. The van der Waals surface area contributed by atoms with Gasteiger partial charge in [0.15, 0.2) is 11.5 Å². The Bertz CT molecular complexity index is 1150. The summed E-state index contributed by atoms with van der Waals surface area (Å²) in [4.78, 5) is 43.6. The molecule has 2 aromatic rings. The van der Waals surface area contributed by atoms with Crippen LogP contribution in [0.2, 0.25) is 0 Å². The Hall–Kier alpha value is -3.55. The summed E-state index contributed by atoms with van der Waals surface area (Å²) in [5, 5.41) is 2.70. The van der Waals surface area contributed by atoms with Crippen LogP contribution in [0.1, 0.15) is 47.3 Å². The van der Waals surface area contributed by atoms with E-state index >= 15 is 0 Å². The van der Waals surface area contributed by atoms with E-state index in [1.807, 2.05) is 44.2 Å². The van der Waals surface area contributed by atoms with Gasteiger partial charge in [0.05, 0.1) is 14.2 Å². The standard InChI is InChI=1S/C27H33N3O5/c1-16(2)10-22(30-14-17-8-6-7-9-20(17)26(30)32)27(33)29-15-19-13-24(35-5)23(34-4)12-18(19)11-21(29)25(31)28-3/h6-9,12-13,16,21-22H,10-11,14-15H2,1-5H3,(H,28,31)/t21-,22-/m0/s1. The number of hydrogen-bond acceptors (Lipinski definition) is 5. The third-order valence-electron chi connectivity index (χ3n) is 6.87. The maximum absolute atomic E-state index is 14.1. The van der Waals surface area contributed by atoms with Gasteiger partial charge >= 0.3 is 0 Å². The van der Waals surface area contributed by atoms with E-state index in [4.69, 9.17) is 9.47 Å². The first-order valence-electron chi connectivity index (χ1n) is 11.9. The van der Waals surface area contributed by atoms with Crippen molar-refractivity contribution in [2.75, 3.05) is 21.3 Å². The third-order valence-corrected chi connectivity index (χ3v) is 6.87. The molecule has 35 heavy (non-hydrogen) atoms. The van der Waals surface area contributed by atoms with E-state index < -0.39 is 12.1 Å². The number of ether oxygens (including phenoxy) is 2. The molecule has 8 heteroatoms. The summed E-state index contributed by atoms with van der Waals surface area (Å²) < 4.78 is 10.9. The Labute approximate surface area is 206 Å². The van der Waals surface area contributed by atoms with Gasteiger partial charge in [0.25, 0.3) is 5.91 Å². The Balaban J connectivity index is 1.71. The number of amides is 3. The summed E-state index contributed by atoms with van der Waals surface area (Å²) in [6.07, 6.45) is 0.859. The largest absolute Gasteiger partial charge is 0.493 e. The van der Waals surface area contributed by atoms with Crippen molar-refractivity contribution in [2.45, 2.75) is 51.9 Å². The highest BCUT2D eigenvalue weighted by Crippen LogP contribution is 2.36. The van der Waals surface area contributed by atoms with Gasteiger partial charge in [-0.3, -0.25) is 14.4 Å². The van der Waals surface area contributed by atoms with Crippen LogP contribution in [0.3, 0.4) is 0 Å². The predicted molar refractivity (Wildman–Crippen MR) is 131 cm³/mol. The molecule has 0 bridgehead atoms. The van der Waals surface area contributed by atoms with Crippen LogP contribution in [-0.2, 0) is 29.1 Å². The highest BCUT2D eigenvalue weighted by atomic mass is 16.5. The van der Waals surface area contributed by atoms with Gasteiger partial charge in [-0.1, -0.05) is 32.0 Å². The Kier molecular flexibility index (Phi) is 7.00. The van der Waals surface area contributed by atoms with E-state index in [9.17, 15) is 14.4 Å². The average Bonchev–Trinajstić information content (AvgIpc) is 3.20. The Morgan fingerprint density at radius 2 is 1.69 bits per heavy atom. The monoisotopic (exact) mass is 479 g/mol. The number of fused-ring (bicyclic) bond motifs is 2. The van der Waals surface area contributed by atoms with Crippen molar-refractivity contribution in [3.63, 3.8) is 0 Å². The van der Waals surface area contributed by atoms with Crippen molar-refractivity contribution in [1.29, 1.82) is 0 Å². The first-order chi connectivity index (χ1) is 16.8. The fraction of sp³-hybridized carbons (Fsp3) is 0.444. The van der Waals surface area contributed by atoms with Crippen molar-refractivity contribution in [2.24, 2.45) is 5.92 Å². The molecule has 0 saturated carbocycles. The zero-order valence-electron chi connectivity index (χ0n) is 21.0. The summed E-state index contributed by atoms with van der Waals surface area (Å²) in [6.45, 7) is 4.70. The molecule has 3 amide bonds. The lowest BCUT2D eigenvalue weighted by Gasteiger charge is -2.40. The van der Waals surface area contributed by atoms with Gasteiger partial charge in [0, 0.05) is 32.1 Å². The molecule has 4 rings (SSSR count). The highest BCUT2D eigenvalue weighted by Gasteiger charge is 2.42. The number of rotatable bonds is 7. The Morgan fingerprint density at radius 1 is 1.03 bits per heavy atom. The Morgan fingerprint density at radius 3 is 2.29 bits per heavy atom. The third kappa shape index (κ3) is 4.57. The summed E-state index contributed by atoms with van der Waals surface area (Å²) >= 11 is 0. The van der Waals surface area contributed by atoms with E-state index in [1.54, 1.807) is 37.1 Å². The molecule has 0 unspecified atom stereocenters. The van der Waals surface area contributed by atoms with Crippen LogP contribution in [0.5, 0.6) is 11.5 Å². The topological polar surface area (TPSA) is 88.2 Å². The van der Waals surface area contributed by atoms with Crippen molar-refractivity contribution in [3.8, 4) is 11.5 Å². The molecular formula is C27H33N3O5. The molecule has 2 aromatic carbocycles. The molecule has 2 atom stereocenters. The molecule has 0 aromatic heterocycles. The van der Waals surface area contributed by atoms with Gasteiger partial charge in [-0.25, -0.2) is 0 Å². The summed E-state index contributed by atoms with van der Waals surface area (Å²) in [5.74, 6) is 0.744. The summed E-state index contributed by atoms with van der Waals surface area (Å²) in [6, 6.07) is 9.86. The molecule has 0 aliphatic carbocycles. The van der Waals surface area contributed by atoms with Gasteiger partial charge in [-0.2, -0.15) is 0 Å². The number of methoxy groups -OCH3 is 2. The number of hydrogen-bond donors (Lipinski definition) is 1. The molecule has 0 spiro atoms. The zero-order chi connectivity index (χ0) is 25.3. The lowest BCUT2D eigenvalue weighted by molar-refractivity contribution is -0.145. The van der Waals surface area contributed by atoms with Crippen LogP contribution in [0.15, 0.2) is 36.4 Å².